The largest absolute Gasteiger partial charge is 0.465 e. The van der Waals surface area contributed by atoms with Crippen molar-refractivity contribution in [2.75, 3.05) is 26.2 Å². The average Bonchev–Trinajstić information content (AvgIpc) is 3.18. The Labute approximate surface area is 127 Å². The van der Waals surface area contributed by atoms with Gasteiger partial charge >= 0.3 is 6.09 Å². The monoisotopic (exact) mass is 305 g/mol. The first-order chi connectivity index (χ1) is 10.6. The molecule has 0 bridgehead atoms. The van der Waals surface area contributed by atoms with Crippen LogP contribution in [0.15, 0.2) is 0 Å². The summed E-state index contributed by atoms with van der Waals surface area (Å²) in [4.78, 5) is 27.1. The number of nitrogens with zero attached hydrogens (tertiary/aromatic N) is 4. The second-order valence-electron chi connectivity index (χ2n) is 6.61. The number of nitrogens with one attached hydrogen (secondary N) is 1. The molecular weight excluding hydrogens is 286 g/mol. The van der Waals surface area contributed by atoms with E-state index in [1.54, 1.807) is 0 Å². The van der Waals surface area contributed by atoms with Crippen LogP contribution in [0.25, 0.3) is 0 Å². The normalized spacial score (nSPS) is 30.3. The molecule has 0 spiro atoms. The van der Waals surface area contributed by atoms with Crippen molar-refractivity contribution in [2.24, 2.45) is 17.8 Å². The molecule has 1 aromatic heterocycles. The maximum absolute atomic E-state index is 12.7. The van der Waals surface area contributed by atoms with Gasteiger partial charge in [-0.15, -0.1) is 0 Å². The van der Waals surface area contributed by atoms with Gasteiger partial charge in [-0.25, -0.2) is 4.79 Å². The highest BCUT2D eigenvalue weighted by Crippen LogP contribution is 2.33. The minimum Gasteiger partial charge on any atom is -0.465 e. The zero-order valence-corrected chi connectivity index (χ0v) is 12.2. The van der Waals surface area contributed by atoms with Crippen LogP contribution in [0, 0.1) is 17.8 Å². The SMILES string of the molecule is O=C(O)N1C[C@@H]2CN(C(=O)[C@@H]3CCc4n[nH]nc4C3)C[C@H]2C1. The number of hydrogen-bond acceptors (Lipinski definition) is 4. The predicted octanol–water partition coefficient (Wildman–Crippen LogP) is -0.0222. The van der Waals surface area contributed by atoms with Gasteiger partial charge in [-0.1, -0.05) is 0 Å². The van der Waals surface area contributed by atoms with Crippen molar-refractivity contribution in [2.45, 2.75) is 19.3 Å². The zero-order valence-electron chi connectivity index (χ0n) is 12.2. The number of carboxylic acid groups (broad SMARTS) is 1. The lowest BCUT2D eigenvalue weighted by Crippen LogP contribution is -2.39. The van der Waals surface area contributed by atoms with Gasteiger partial charge in [-0.2, -0.15) is 15.4 Å². The second kappa shape index (κ2) is 4.96. The Bertz CT molecular complexity index is 601. The Morgan fingerprint density at radius 2 is 1.68 bits per heavy atom. The fourth-order valence-corrected chi connectivity index (χ4v) is 4.08. The van der Waals surface area contributed by atoms with Crippen LogP contribution >= 0.6 is 0 Å². The molecule has 3 heterocycles. The molecule has 1 aromatic rings. The predicted molar refractivity (Wildman–Crippen MR) is 75.1 cm³/mol. The van der Waals surface area contributed by atoms with Crippen molar-refractivity contribution in [3.05, 3.63) is 11.4 Å². The Hall–Kier alpha value is -2.12. The fraction of sp³-hybridized carbons (Fsp3) is 0.714. The quantitative estimate of drug-likeness (QED) is 0.759. The maximum Gasteiger partial charge on any atom is 0.407 e. The lowest BCUT2D eigenvalue weighted by molar-refractivity contribution is -0.135. The summed E-state index contributed by atoms with van der Waals surface area (Å²) in [5, 5.41) is 19.9. The van der Waals surface area contributed by atoms with Crippen LogP contribution in [0.3, 0.4) is 0 Å². The second-order valence-corrected chi connectivity index (χ2v) is 6.61. The molecule has 2 amide bonds. The van der Waals surface area contributed by atoms with Gasteiger partial charge < -0.3 is 14.9 Å². The first-order valence-electron chi connectivity index (χ1n) is 7.77. The lowest BCUT2D eigenvalue weighted by Gasteiger charge is -2.26. The fourth-order valence-electron chi connectivity index (χ4n) is 4.08. The summed E-state index contributed by atoms with van der Waals surface area (Å²) in [7, 11) is 0. The highest BCUT2D eigenvalue weighted by Gasteiger charge is 2.44. The molecule has 0 radical (unpaired) electrons. The topological polar surface area (TPSA) is 102 Å². The molecule has 1 aliphatic carbocycles. The molecule has 2 aliphatic heterocycles. The van der Waals surface area contributed by atoms with Crippen LogP contribution in [0.1, 0.15) is 17.8 Å². The molecule has 0 aromatic carbocycles. The van der Waals surface area contributed by atoms with Gasteiger partial charge in [-0.3, -0.25) is 4.79 Å². The number of H-pyrrole nitrogens is 1. The van der Waals surface area contributed by atoms with E-state index in [4.69, 9.17) is 5.11 Å². The number of aryl methyl sites for hydroxylation is 1. The Kier molecular flexibility index (Phi) is 3.05. The smallest absolute Gasteiger partial charge is 0.407 e. The Morgan fingerprint density at radius 1 is 1.05 bits per heavy atom. The highest BCUT2D eigenvalue weighted by molar-refractivity contribution is 5.80. The molecule has 4 rings (SSSR count). The lowest BCUT2D eigenvalue weighted by atomic mass is 9.89. The Morgan fingerprint density at radius 3 is 2.36 bits per heavy atom. The van der Waals surface area contributed by atoms with Crippen molar-refractivity contribution < 1.29 is 14.7 Å². The minimum absolute atomic E-state index is 0.00740. The van der Waals surface area contributed by atoms with Crippen LogP contribution < -0.4 is 0 Å². The van der Waals surface area contributed by atoms with E-state index in [0.29, 0.717) is 44.4 Å². The zero-order chi connectivity index (χ0) is 15.3. The minimum atomic E-state index is -0.849. The van der Waals surface area contributed by atoms with E-state index in [1.807, 2.05) is 4.90 Å². The summed E-state index contributed by atoms with van der Waals surface area (Å²) in [6.45, 7) is 2.49. The van der Waals surface area contributed by atoms with Crippen LogP contribution in [-0.2, 0) is 17.6 Å². The summed E-state index contributed by atoms with van der Waals surface area (Å²) < 4.78 is 0. The van der Waals surface area contributed by atoms with Crippen LogP contribution in [0.4, 0.5) is 4.79 Å². The third-order valence-corrected chi connectivity index (χ3v) is 5.29. The molecule has 0 saturated carbocycles. The third-order valence-electron chi connectivity index (χ3n) is 5.29. The van der Waals surface area contributed by atoms with Crippen LogP contribution in [0.5, 0.6) is 0 Å². The number of rotatable bonds is 1. The number of carbonyl (C=O) groups is 2. The highest BCUT2D eigenvalue weighted by atomic mass is 16.4. The summed E-state index contributed by atoms with van der Waals surface area (Å²) in [6.07, 6.45) is 1.44. The average molecular weight is 305 g/mol. The standard InChI is InChI=1S/C14H19N5O3/c20-13(8-1-2-11-12(3-8)16-17-15-11)18-4-9-6-19(14(21)22)7-10(9)5-18/h8-10H,1-7H2,(H,21,22)(H,15,16,17)/t8-,9+,10+/m1/s1. The summed E-state index contributed by atoms with van der Waals surface area (Å²) in [5.41, 5.74) is 1.90. The van der Waals surface area contributed by atoms with Crippen molar-refractivity contribution in [3.63, 3.8) is 0 Å². The summed E-state index contributed by atoms with van der Waals surface area (Å²) in [5.74, 6) is 0.787. The van der Waals surface area contributed by atoms with Crippen LogP contribution in [-0.4, -0.2) is 68.5 Å². The van der Waals surface area contributed by atoms with Crippen molar-refractivity contribution in [1.82, 2.24) is 25.2 Å². The molecule has 22 heavy (non-hydrogen) atoms. The summed E-state index contributed by atoms with van der Waals surface area (Å²) in [6, 6.07) is 0. The van der Waals surface area contributed by atoms with Crippen LogP contribution in [0.2, 0.25) is 0 Å². The van der Waals surface area contributed by atoms with Gasteiger partial charge in [0.05, 0.1) is 11.4 Å². The van der Waals surface area contributed by atoms with E-state index < -0.39 is 6.09 Å². The Balaban J connectivity index is 1.39. The number of likely N-dealkylation sites (tertiary alicyclic amines) is 2. The third kappa shape index (κ3) is 2.13. The molecule has 0 unspecified atom stereocenters. The van der Waals surface area contributed by atoms with Gasteiger partial charge in [0.1, 0.15) is 0 Å². The van der Waals surface area contributed by atoms with Gasteiger partial charge in [0, 0.05) is 50.4 Å². The summed E-state index contributed by atoms with van der Waals surface area (Å²) >= 11 is 0. The first-order valence-corrected chi connectivity index (χ1v) is 7.77. The van der Waals surface area contributed by atoms with Gasteiger partial charge in [-0.05, 0) is 12.8 Å². The molecule has 8 nitrogen and oxygen atoms in total. The molecule has 2 fully saturated rings. The molecule has 118 valence electrons. The van der Waals surface area contributed by atoms with E-state index in [0.717, 1.165) is 24.2 Å². The van der Waals surface area contributed by atoms with E-state index in [2.05, 4.69) is 15.4 Å². The molecule has 2 saturated heterocycles. The van der Waals surface area contributed by atoms with E-state index in [9.17, 15) is 9.59 Å². The molecular formula is C14H19N5O3. The molecule has 3 aliphatic rings. The molecule has 8 heteroatoms. The number of hydrogen-bond donors (Lipinski definition) is 2. The van der Waals surface area contributed by atoms with E-state index in [1.165, 1.54) is 4.90 Å². The molecule has 3 atom stereocenters. The number of aromatic amines is 1. The number of amides is 2. The van der Waals surface area contributed by atoms with Crippen molar-refractivity contribution in [3.8, 4) is 0 Å². The first kappa shape index (κ1) is 13.5. The van der Waals surface area contributed by atoms with E-state index in [-0.39, 0.29) is 11.8 Å². The van der Waals surface area contributed by atoms with Gasteiger partial charge in [0.2, 0.25) is 5.91 Å². The van der Waals surface area contributed by atoms with Gasteiger partial charge in [0.25, 0.3) is 0 Å². The molecule has 2 N–H and O–H groups in total. The van der Waals surface area contributed by atoms with E-state index >= 15 is 0 Å². The number of fused-ring (bicyclic) bond motifs is 2. The van der Waals surface area contributed by atoms with Crippen molar-refractivity contribution >= 4 is 12.0 Å². The number of carbonyl (C=O) groups excluding carboxylic acids is 1. The maximum atomic E-state index is 12.7. The van der Waals surface area contributed by atoms with Gasteiger partial charge in [0.15, 0.2) is 0 Å². The number of aromatic nitrogens is 3. The van der Waals surface area contributed by atoms with Crippen molar-refractivity contribution in [1.29, 1.82) is 0 Å².